The molecule has 1 N–H and O–H groups in total. The summed E-state index contributed by atoms with van der Waals surface area (Å²) >= 11 is 0. The highest BCUT2D eigenvalue weighted by atomic mass is 16.2. The van der Waals surface area contributed by atoms with Gasteiger partial charge in [-0.05, 0) is 25.7 Å². The van der Waals surface area contributed by atoms with Crippen LogP contribution in [0.2, 0.25) is 0 Å². The van der Waals surface area contributed by atoms with Crippen molar-refractivity contribution in [3.63, 3.8) is 0 Å². The van der Waals surface area contributed by atoms with E-state index in [4.69, 9.17) is 0 Å². The van der Waals surface area contributed by atoms with E-state index < -0.39 is 0 Å². The van der Waals surface area contributed by atoms with Crippen LogP contribution in [0.4, 0.5) is 0 Å². The van der Waals surface area contributed by atoms with Gasteiger partial charge in [0.05, 0.1) is 6.54 Å². The third kappa shape index (κ3) is 3.72. The Labute approximate surface area is 110 Å². The van der Waals surface area contributed by atoms with E-state index in [1.807, 2.05) is 6.92 Å². The zero-order valence-corrected chi connectivity index (χ0v) is 12.0. The molecule has 1 aliphatic rings. The molecule has 0 aromatic heterocycles. The van der Waals surface area contributed by atoms with Gasteiger partial charge in [0.25, 0.3) is 0 Å². The standard InChI is InChI=1S/C14H26N2O2/c1-5-12-14(18)15-9-13(17)16(12)11(4)8-6-7-10(2)3/h10-12H,5-9H2,1-4H3,(H,15,18). The van der Waals surface area contributed by atoms with Gasteiger partial charge in [-0.2, -0.15) is 0 Å². The molecule has 1 fully saturated rings. The van der Waals surface area contributed by atoms with Crippen molar-refractivity contribution in [1.82, 2.24) is 10.2 Å². The summed E-state index contributed by atoms with van der Waals surface area (Å²) in [4.78, 5) is 25.5. The van der Waals surface area contributed by atoms with Crippen LogP contribution in [0.25, 0.3) is 0 Å². The lowest BCUT2D eigenvalue weighted by molar-refractivity contribution is -0.148. The SMILES string of the molecule is CCC1C(=O)NCC(=O)N1C(C)CCCC(C)C. The predicted octanol–water partition coefficient (Wildman–Crippen LogP) is 1.94. The van der Waals surface area contributed by atoms with Crippen LogP contribution in [-0.2, 0) is 9.59 Å². The van der Waals surface area contributed by atoms with Crippen molar-refractivity contribution in [1.29, 1.82) is 0 Å². The van der Waals surface area contributed by atoms with Crippen molar-refractivity contribution in [2.24, 2.45) is 5.92 Å². The fraction of sp³-hybridized carbons (Fsp3) is 0.857. The minimum absolute atomic E-state index is 0.00666. The third-order valence-electron chi connectivity index (χ3n) is 3.61. The molecule has 1 heterocycles. The summed E-state index contributed by atoms with van der Waals surface area (Å²) in [5, 5.41) is 2.66. The Morgan fingerprint density at radius 3 is 2.50 bits per heavy atom. The van der Waals surface area contributed by atoms with Crippen molar-refractivity contribution >= 4 is 11.8 Å². The van der Waals surface area contributed by atoms with Crippen molar-refractivity contribution in [2.75, 3.05) is 6.54 Å². The minimum atomic E-state index is -0.278. The number of amides is 2. The molecule has 104 valence electrons. The zero-order chi connectivity index (χ0) is 13.7. The second-order valence-corrected chi connectivity index (χ2v) is 5.62. The normalized spacial score (nSPS) is 22.3. The van der Waals surface area contributed by atoms with Gasteiger partial charge < -0.3 is 10.2 Å². The average molecular weight is 254 g/mol. The van der Waals surface area contributed by atoms with Gasteiger partial charge in [0.15, 0.2) is 0 Å². The molecule has 0 saturated carbocycles. The molecule has 1 saturated heterocycles. The van der Waals surface area contributed by atoms with Crippen LogP contribution in [0, 0.1) is 5.92 Å². The Hall–Kier alpha value is -1.06. The van der Waals surface area contributed by atoms with Crippen molar-refractivity contribution in [3.8, 4) is 0 Å². The van der Waals surface area contributed by atoms with Gasteiger partial charge in [0.2, 0.25) is 11.8 Å². The highest BCUT2D eigenvalue weighted by Crippen LogP contribution is 2.18. The van der Waals surface area contributed by atoms with E-state index >= 15 is 0 Å². The smallest absolute Gasteiger partial charge is 0.243 e. The molecule has 0 radical (unpaired) electrons. The summed E-state index contributed by atoms with van der Waals surface area (Å²) in [6.45, 7) is 8.58. The van der Waals surface area contributed by atoms with Gasteiger partial charge in [-0.3, -0.25) is 9.59 Å². The summed E-state index contributed by atoms with van der Waals surface area (Å²) in [5.74, 6) is 0.742. The minimum Gasteiger partial charge on any atom is -0.345 e. The van der Waals surface area contributed by atoms with Crippen LogP contribution >= 0.6 is 0 Å². The molecule has 2 atom stereocenters. The van der Waals surface area contributed by atoms with Crippen LogP contribution in [0.15, 0.2) is 0 Å². The Kier molecular flexibility index (Phi) is 5.63. The number of rotatable bonds is 6. The van der Waals surface area contributed by atoms with E-state index in [9.17, 15) is 9.59 Å². The van der Waals surface area contributed by atoms with E-state index in [1.165, 1.54) is 6.42 Å². The van der Waals surface area contributed by atoms with E-state index in [-0.39, 0.29) is 30.4 Å². The first-order valence-corrected chi connectivity index (χ1v) is 7.06. The van der Waals surface area contributed by atoms with Gasteiger partial charge in [-0.25, -0.2) is 0 Å². The molecule has 1 rings (SSSR count). The number of hydrogen-bond acceptors (Lipinski definition) is 2. The first-order chi connectivity index (χ1) is 8.47. The van der Waals surface area contributed by atoms with Crippen molar-refractivity contribution in [2.45, 2.75) is 65.5 Å². The summed E-state index contributed by atoms with van der Waals surface area (Å²) in [6, 6.07) is -0.118. The largest absolute Gasteiger partial charge is 0.345 e. The maximum Gasteiger partial charge on any atom is 0.243 e. The van der Waals surface area contributed by atoms with E-state index in [2.05, 4.69) is 26.1 Å². The molecule has 2 amide bonds. The van der Waals surface area contributed by atoms with Gasteiger partial charge in [-0.1, -0.05) is 33.6 Å². The Morgan fingerprint density at radius 1 is 1.28 bits per heavy atom. The van der Waals surface area contributed by atoms with Crippen LogP contribution in [0.3, 0.4) is 0 Å². The van der Waals surface area contributed by atoms with Crippen LogP contribution in [0.5, 0.6) is 0 Å². The second kappa shape index (κ2) is 6.76. The maximum absolute atomic E-state index is 12.0. The fourth-order valence-corrected chi connectivity index (χ4v) is 2.57. The lowest BCUT2D eigenvalue weighted by atomic mass is 10.00. The highest BCUT2D eigenvalue weighted by Gasteiger charge is 2.35. The Balaban J connectivity index is 2.59. The molecular weight excluding hydrogens is 228 g/mol. The monoisotopic (exact) mass is 254 g/mol. The predicted molar refractivity (Wildman–Crippen MR) is 72.1 cm³/mol. The molecule has 18 heavy (non-hydrogen) atoms. The second-order valence-electron chi connectivity index (χ2n) is 5.62. The fourth-order valence-electron chi connectivity index (χ4n) is 2.57. The summed E-state index contributed by atoms with van der Waals surface area (Å²) in [7, 11) is 0. The lowest BCUT2D eigenvalue weighted by Crippen LogP contribution is -2.60. The van der Waals surface area contributed by atoms with Crippen LogP contribution in [-0.4, -0.2) is 35.3 Å². The molecule has 0 bridgehead atoms. The molecular formula is C14H26N2O2. The Morgan fingerprint density at radius 2 is 1.94 bits per heavy atom. The molecule has 1 aliphatic heterocycles. The zero-order valence-electron chi connectivity index (χ0n) is 12.0. The quantitative estimate of drug-likeness (QED) is 0.787. The molecule has 0 aromatic rings. The van der Waals surface area contributed by atoms with Gasteiger partial charge in [0, 0.05) is 6.04 Å². The number of piperazine rings is 1. The summed E-state index contributed by atoms with van der Waals surface area (Å²) in [6.07, 6.45) is 3.95. The first-order valence-electron chi connectivity index (χ1n) is 7.06. The summed E-state index contributed by atoms with van der Waals surface area (Å²) in [5.41, 5.74) is 0. The first kappa shape index (κ1) is 15.0. The topological polar surface area (TPSA) is 49.4 Å². The van der Waals surface area contributed by atoms with Crippen LogP contribution in [0.1, 0.15) is 53.4 Å². The number of carbonyl (C=O) groups is 2. The molecule has 0 aliphatic carbocycles. The number of carbonyl (C=O) groups excluding carboxylic acids is 2. The number of nitrogens with one attached hydrogen (secondary N) is 1. The van der Waals surface area contributed by atoms with Crippen LogP contribution < -0.4 is 5.32 Å². The third-order valence-corrected chi connectivity index (χ3v) is 3.61. The van der Waals surface area contributed by atoms with Crippen molar-refractivity contribution < 1.29 is 9.59 Å². The van der Waals surface area contributed by atoms with Gasteiger partial charge >= 0.3 is 0 Å². The molecule has 4 nitrogen and oxygen atoms in total. The maximum atomic E-state index is 12.0. The van der Waals surface area contributed by atoms with Crippen molar-refractivity contribution in [3.05, 3.63) is 0 Å². The number of nitrogens with zero attached hydrogens (tertiary/aromatic N) is 1. The van der Waals surface area contributed by atoms with Gasteiger partial charge in [0.1, 0.15) is 6.04 Å². The lowest BCUT2D eigenvalue weighted by Gasteiger charge is -2.38. The molecule has 2 unspecified atom stereocenters. The van der Waals surface area contributed by atoms with E-state index in [0.717, 1.165) is 12.8 Å². The Bertz CT molecular complexity index is 302. The highest BCUT2D eigenvalue weighted by molar-refractivity contribution is 5.94. The van der Waals surface area contributed by atoms with E-state index in [1.54, 1.807) is 4.90 Å². The van der Waals surface area contributed by atoms with E-state index in [0.29, 0.717) is 12.3 Å². The van der Waals surface area contributed by atoms with Gasteiger partial charge in [-0.15, -0.1) is 0 Å². The molecule has 0 aromatic carbocycles. The molecule has 0 spiro atoms. The number of hydrogen-bond donors (Lipinski definition) is 1. The molecule has 4 heteroatoms. The summed E-state index contributed by atoms with van der Waals surface area (Å²) < 4.78 is 0. The average Bonchev–Trinajstić information content (AvgIpc) is 2.30.